The molecule has 0 spiro atoms. The van der Waals surface area contributed by atoms with Gasteiger partial charge in [-0.05, 0) is 30.6 Å². The summed E-state index contributed by atoms with van der Waals surface area (Å²) in [6, 6.07) is 7.12. The molecule has 1 unspecified atom stereocenters. The van der Waals surface area contributed by atoms with Crippen LogP contribution in [0.3, 0.4) is 0 Å². The van der Waals surface area contributed by atoms with Crippen LogP contribution in [0, 0.1) is 0 Å². The second kappa shape index (κ2) is 8.90. The summed E-state index contributed by atoms with van der Waals surface area (Å²) in [6.45, 7) is 0.253. The number of rotatable bonds is 6. The third-order valence-electron chi connectivity index (χ3n) is 4.45. The van der Waals surface area contributed by atoms with Gasteiger partial charge in [-0.3, -0.25) is 14.3 Å². The highest BCUT2D eigenvalue weighted by Crippen LogP contribution is 2.22. The second-order valence-corrected chi connectivity index (χ2v) is 6.66. The molecule has 0 bridgehead atoms. The van der Waals surface area contributed by atoms with Crippen LogP contribution >= 0.6 is 12.4 Å². The maximum Gasteiger partial charge on any atom is 0.246 e. The van der Waals surface area contributed by atoms with Crippen molar-refractivity contribution in [2.75, 3.05) is 26.5 Å². The van der Waals surface area contributed by atoms with E-state index in [2.05, 4.69) is 15.7 Å². The largest absolute Gasteiger partial charge is 0.347 e. The minimum Gasteiger partial charge on any atom is -0.347 e. The molecule has 3 aromatic rings. The third kappa shape index (κ3) is 4.52. The Morgan fingerprint density at radius 2 is 2.00 bits per heavy atom. The standard InChI is InChI=1S/C19H24N6O2.ClH/c1-20-18(14-10-21-24(4)11-14)19(27)22-15-6-5-13-7-8-25(16(13)9-15)12-17(26)23(2)3;/h5-11,18,20H,12H2,1-4H3,(H,22,27);1H. The predicted octanol–water partition coefficient (Wildman–Crippen LogP) is 1.78. The zero-order valence-corrected chi connectivity index (χ0v) is 17.2. The van der Waals surface area contributed by atoms with E-state index in [0.29, 0.717) is 5.69 Å². The van der Waals surface area contributed by atoms with Gasteiger partial charge in [-0.15, -0.1) is 12.4 Å². The average molecular weight is 405 g/mol. The van der Waals surface area contributed by atoms with Gasteiger partial charge < -0.3 is 20.1 Å². The van der Waals surface area contributed by atoms with E-state index in [1.54, 1.807) is 36.9 Å². The van der Waals surface area contributed by atoms with Crippen LogP contribution in [0.4, 0.5) is 5.69 Å². The minimum atomic E-state index is -0.503. The lowest BCUT2D eigenvalue weighted by Gasteiger charge is -2.15. The van der Waals surface area contributed by atoms with Crippen molar-refractivity contribution in [2.24, 2.45) is 7.05 Å². The van der Waals surface area contributed by atoms with Gasteiger partial charge in [0.25, 0.3) is 0 Å². The van der Waals surface area contributed by atoms with Gasteiger partial charge in [0.1, 0.15) is 12.6 Å². The summed E-state index contributed by atoms with van der Waals surface area (Å²) in [5.74, 6) is -0.166. The van der Waals surface area contributed by atoms with E-state index < -0.39 is 6.04 Å². The zero-order chi connectivity index (χ0) is 19.6. The minimum absolute atomic E-state index is 0. The number of carbonyl (C=O) groups excluding carboxylic acids is 2. The van der Waals surface area contributed by atoms with Gasteiger partial charge in [-0.1, -0.05) is 6.07 Å². The predicted molar refractivity (Wildman–Crippen MR) is 112 cm³/mol. The fourth-order valence-corrected chi connectivity index (χ4v) is 2.94. The Balaban J connectivity index is 0.00000280. The first kappa shape index (κ1) is 21.5. The van der Waals surface area contributed by atoms with Crippen LogP contribution in [0.1, 0.15) is 11.6 Å². The van der Waals surface area contributed by atoms with E-state index in [4.69, 9.17) is 0 Å². The van der Waals surface area contributed by atoms with E-state index in [9.17, 15) is 9.59 Å². The van der Waals surface area contributed by atoms with Gasteiger partial charge in [0, 0.05) is 44.8 Å². The first-order chi connectivity index (χ1) is 12.9. The maximum atomic E-state index is 12.7. The molecule has 0 aliphatic carbocycles. The van der Waals surface area contributed by atoms with E-state index in [0.717, 1.165) is 16.5 Å². The number of anilines is 1. The number of benzene rings is 1. The molecule has 3 rings (SSSR count). The summed E-state index contributed by atoms with van der Waals surface area (Å²) in [5.41, 5.74) is 2.36. The van der Waals surface area contributed by atoms with Crippen LogP contribution in [-0.2, 0) is 23.2 Å². The molecular weight excluding hydrogens is 380 g/mol. The lowest BCUT2D eigenvalue weighted by atomic mass is 10.1. The Kier molecular flexibility index (Phi) is 6.82. The molecule has 150 valence electrons. The zero-order valence-electron chi connectivity index (χ0n) is 16.3. The van der Waals surface area contributed by atoms with Crippen LogP contribution in [0.25, 0.3) is 10.9 Å². The lowest BCUT2D eigenvalue weighted by molar-refractivity contribution is -0.129. The number of amides is 2. The lowest BCUT2D eigenvalue weighted by Crippen LogP contribution is -2.30. The van der Waals surface area contributed by atoms with Crippen LogP contribution in [0.5, 0.6) is 0 Å². The summed E-state index contributed by atoms with van der Waals surface area (Å²) in [6.07, 6.45) is 5.35. The molecule has 28 heavy (non-hydrogen) atoms. The van der Waals surface area contributed by atoms with Crippen molar-refractivity contribution in [2.45, 2.75) is 12.6 Å². The highest BCUT2D eigenvalue weighted by Gasteiger charge is 2.20. The van der Waals surface area contributed by atoms with Crippen molar-refractivity contribution >= 4 is 40.8 Å². The number of nitrogens with zero attached hydrogens (tertiary/aromatic N) is 4. The number of likely N-dealkylation sites (N-methyl/N-ethyl adjacent to an activating group) is 2. The van der Waals surface area contributed by atoms with E-state index in [1.807, 2.05) is 48.3 Å². The smallest absolute Gasteiger partial charge is 0.246 e. The second-order valence-electron chi connectivity index (χ2n) is 6.66. The van der Waals surface area contributed by atoms with Crippen molar-refractivity contribution in [3.8, 4) is 0 Å². The molecule has 0 saturated heterocycles. The van der Waals surface area contributed by atoms with Crippen LogP contribution in [0.2, 0.25) is 0 Å². The van der Waals surface area contributed by atoms with E-state index >= 15 is 0 Å². The first-order valence-electron chi connectivity index (χ1n) is 8.64. The van der Waals surface area contributed by atoms with Crippen LogP contribution in [-0.4, -0.2) is 52.2 Å². The Hall–Kier alpha value is -2.84. The van der Waals surface area contributed by atoms with Gasteiger partial charge >= 0.3 is 0 Å². The van der Waals surface area contributed by atoms with Crippen LogP contribution in [0.15, 0.2) is 42.9 Å². The molecule has 0 radical (unpaired) electrons. The quantitative estimate of drug-likeness (QED) is 0.656. The SMILES string of the molecule is CNC(C(=O)Nc1ccc2ccn(CC(=O)N(C)C)c2c1)c1cnn(C)c1.Cl. The average Bonchev–Trinajstić information content (AvgIpc) is 3.22. The summed E-state index contributed by atoms with van der Waals surface area (Å²) < 4.78 is 3.54. The van der Waals surface area contributed by atoms with Crippen molar-refractivity contribution < 1.29 is 9.59 Å². The maximum absolute atomic E-state index is 12.7. The first-order valence-corrected chi connectivity index (χ1v) is 8.64. The number of hydrogen-bond acceptors (Lipinski definition) is 4. The van der Waals surface area contributed by atoms with Gasteiger partial charge in [0.05, 0.1) is 11.7 Å². The van der Waals surface area contributed by atoms with Crippen molar-refractivity contribution in [1.82, 2.24) is 24.6 Å². The van der Waals surface area contributed by atoms with Crippen molar-refractivity contribution in [1.29, 1.82) is 0 Å². The number of aromatic nitrogens is 3. The summed E-state index contributed by atoms with van der Waals surface area (Å²) in [4.78, 5) is 26.3. The Labute approximate surface area is 169 Å². The van der Waals surface area contributed by atoms with Crippen LogP contribution < -0.4 is 10.6 Å². The van der Waals surface area contributed by atoms with Crippen molar-refractivity contribution in [3.63, 3.8) is 0 Å². The molecule has 2 N–H and O–H groups in total. The number of carbonyl (C=O) groups is 2. The summed E-state index contributed by atoms with van der Waals surface area (Å²) >= 11 is 0. The Morgan fingerprint density at radius 1 is 1.25 bits per heavy atom. The fraction of sp³-hybridized carbons (Fsp3) is 0.316. The molecule has 8 nitrogen and oxygen atoms in total. The highest BCUT2D eigenvalue weighted by atomic mass is 35.5. The highest BCUT2D eigenvalue weighted by molar-refractivity contribution is 5.97. The summed E-state index contributed by atoms with van der Waals surface area (Å²) in [7, 11) is 7.01. The van der Waals surface area contributed by atoms with Gasteiger partial charge in [0.2, 0.25) is 11.8 Å². The van der Waals surface area contributed by atoms with Crippen molar-refractivity contribution in [3.05, 3.63) is 48.4 Å². The number of fused-ring (bicyclic) bond motifs is 1. The molecule has 9 heteroatoms. The number of nitrogens with one attached hydrogen (secondary N) is 2. The number of halogens is 1. The number of aryl methyl sites for hydroxylation is 1. The summed E-state index contributed by atoms with van der Waals surface area (Å²) in [5, 5.41) is 11.1. The third-order valence-corrected chi connectivity index (χ3v) is 4.45. The molecule has 0 fully saturated rings. The van der Waals surface area contributed by atoms with Gasteiger partial charge in [0.15, 0.2) is 0 Å². The van der Waals surface area contributed by atoms with Gasteiger partial charge in [-0.2, -0.15) is 5.10 Å². The molecular formula is C19H25ClN6O2. The molecule has 1 aromatic carbocycles. The molecule has 0 aliphatic heterocycles. The van der Waals surface area contributed by atoms with E-state index in [-0.39, 0.29) is 30.8 Å². The monoisotopic (exact) mass is 404 g/mol. The Bertz CT molecular complexity index is 978. The van der Waals surface area contributed by atoms with E-state index in [1.165, 1.54) is 0 Å². The molecule has 0 aliphatic rings. The fourth-order valence-electron chi connectivity index (χ4n) is 2.94. The van der Waals surface area contributed by atoms with Gasteiger partial charge in [-0.25, -0.2) is 0 Å². The molecule has 2 aromatic heterocycles. The Morgan fingerprint density at radius 3 is 2.61 bits per heavy atom. The molecule has 2 amide bonds. The molecule has 0 saturated carbocycles. The topological polar surface area (TPSA) is 84.2 Å². The normalized spacial score (nSPS) is 11.7. The molecule has 2 heterocycles. The molecule has 1 atom stereocenters. The number of hydrogen-bond donors (Lipinski definition) is 2.